The fourth-order valence-corrected chi connectivity index (χ4v) is 2.15. The van der Waals surface area contributed by atoms with E-state index in [0.717, 1.165) is 6.07 Å². The second kappa shape index (κ2) is 5.70. The standard InChI is InChI=1S/C13H14F3NO3/c14-13(15,16)10-5-2-1-4-9(10)11-8-17(6-3-7-18)12(19)20-11/h1-2,4-5,11,18H,3,6-8H2. The SMILES string of the molecule is O=C1OC(c2ccccc2C(F)(F)F)CN1CCCO. The van der Waals surface area contributed by atoms with E-state index in [4.69, 9.17) is 9.84 Å². The summed E-state index contributed by atoms with van der Waals surface area (Å²) in [5, 5.41) is 8.72. The van der Waals surface area contributed by atoms with E-state index >= 15 is 0 Å². The van der Waals surface area contributed by atoms with E-state index in [1.54, 1.807) is 0 Å². The molecule has 0 spiro atoms. The smallest absolute Gasteiger partial charge is 0.416 e. The van der Waals surface area contributed by atoms with Gasteiger partial charge in [0.25, 0.3) is 0 Å². The van der Waals surface area contributed by atoms with Crippen molar-refractivity contribution < 1.29 is 27.8 Å². The number of benzene rings is 1. The van der Waals surface area contributed by atoms with Crippen LogP contribution < -0.4 is 0 Å². The zero-order valence-electron chi connectivity index (χ0n) is 10.6. The number of aliphatic hydroxyl groups excluding tert-OH is 1. The molecule has 1 fully saturated rings. The molecule has 110 valence electrons. The number of nitrogens with zero attached hydrogens (tertiary/aromatic N) is 1. The molecule has 1 unspecified atom stereocenters. The van der Waals surface area contributed by atoms with Gasteiger partial charge in [-0.05, 0) is 12.5 Å². The van der Waals surface area contributed by atoms with Crippen molar-refractivity contribution in [3.05, 3.63) is 35.4 Å². The van der Waals surface area contributed by atoms with Crippen molar-refractivity contribution in [3.8, 4) is 0 Å². The molecule has 1 N–H and O–H groups in total. The van der Waals surface area contributed by atoms with E-state index in [1.807, 2.05) is 0 Å². The van der Waals surface area contributed by atoms with E-state index in [9.17, 15) is 18.0 Å². The third-order valence-corrected chi connectivity index (χ3v) is 3.09. The summed E-state index contributed by atoms with van der Waals surface area (Å²) < 4.78 is 43.7. The van der Waals surface area contributed by atoms with Crippen LogP contribution in [0.15, 0.2) is 24.3 Å². The maximum Gasteiger partial charge on any atom is 0.416 e. The molecule has 1 aliphatic rings. The number of hydrogen-bond acceptors (Lipinski definition) is 3. The van der Waals surface area contributed by atoms with Gasteiger partial charge < -0.3 is 14.7 Å². The summed E-state index contributed by atoms with van der Waals surface area (Å²) in [5.41, 5.74) is -0.832. The minimum absolute atomic E-state index is 0.0418. The van der Waals surface area contributed by atoms with E-state index in [2.05, 4.69) is 0 Å². The molecule has 7 heteroatoms. The van der Waals surface area contributed by atoms with Crippen LogP contribution in [0.2, 0.25) is 0 Å². The summed E-state index contributed by atoms with van der Waals surface area (Å²) in [5.74, 6) is 0. The highest BCUT2D eigenvalue weighted by Crippen LogP contribution is 2.37. The van der Waals surface area contributed by atoms with Crippen LogP contribution in [-0.2, 0) is 10.9 Å². The van der Waals surface area contributed by atoms with Crippen molar-refractivity contribution in [2.75, 3.05) is 19.7 Å². The number of hydrogen-bond donors (Lipinski definition) is 1. The average molecular weight is 289 g/mol. The molecule has 1 amide bonds. The molecule has 0 bridgehead atoms. The molecular formula is C13H14F3NO3. The van der Waals surface area contributed by atoms with E-state index in [0.29, 0.717) is 6.42 Å². The Bertz CT molecular complexity index is 490. The Morgan fingerprint density at radius 2 is 2.05 bits per heavy atom. The van der Waals surface area contributed by atoms with Crippen molar-refractivity contribution in [1.29, 1.82) is 0 Å². The number of cyclic esters (lactones) is 1. The Morgan fingerprint density at radius 3 is 2.70 bits per heavy atom. The van der Waals surface area contributed by atoms with Crippen molar-refractivity contribution in [2.45, 2.75) is 18.7 Å². The number of amides is 1. The molecule has 0 aromatic heterocycles. The van der Waals surface area contributed by atoms with Crippen LogP contribution in [0.1, 0.15) is 23.7 Å². The lowest BCUT2D eigenvalue weighted by molar-refractivity contribution is -0.139. The van der Waals surface area contributed by atoms with Crippen LogP contribution in [0.25, 0.3) is 0 Å². The summed E-state index contributed by atoms with van der Waals surface area (Å²) in [7, 11) is 0. The number of aliphatic hydroxyl groups is 1. The molecule has 0 saturated carbocycles. The molecule has 4 nitrogen and oxygen atoms in total. The second-order valence-electron chi connectivity index (χ2n) is 4.48. The molecule has 1 atom stereocenters. The molecule has 0 aliphatic carbocycles. The van der Waals surface area contributed by atoms with Crippen LogP contribution in [0, 0.1) is 0 Å². The zero-order chi connectivity index (χ0) is 14.8. The predicted molar refractivity (Wildman–Crippen MR) is 63.9 cm³/mol. The van der Waals surface area contributed by atoms with Gasteiger partial charge in [-0.15, -0.1) is 0 Å². The summed E-state index contributed by atoms with van der Waals surface area (Å²) in [6.07, 6.45) is -5.70. The van der Waals surface area contributed by atoms with Crippen LogP contribution in [0.5, 0.6) is 0 Å². The molecule has 1 saturated heterocycles. The Labute approximate surface area is 113 Å². The maximum absolute atomic E-state index is 12.9. The monoisotopic (exact) mass is 289 g/mol. The normalized spacial score (nSPS) is 19.3. The highest BCUT2D eigenvalue weighted by atomic mass is 19.4. The van der Waals surface area contributed by atoms with Gasteiger partial charge in [-0.1, -0.05) is 18.2 Å². The van der Waals surface area contributed by atoms with E-state index < -0.39 is 23.9 Å². The quantitative estimate of drug-likeness (QED) is 0.927. The Kier molecular flexibility index (Phi) is 4.17. The van der Waals surface area contributed by atoms with Gasteiger partial charge in [-0.25, -0.2) is 4.79 Å². The summed E-state index contributed by atoms with van der Waals surface area (Å²) in [4.78, 5) is 12.9. The first-order valence-corrected chi connectivity index (χ1v) is 6.16. The molecule has 1 aromatic carbocycles. The van der Waals surface area contributed by atoms with Gasteiger partial charge in [0, 0.05) is 18.7 Å². The van der Waals surface area contributed by atoms with Crippen LogP contribution in [0.3, 0.4) is 0 Å². The zero-order valence-corrected chi connectivity index (χ0v) is 10.6. The topological polar surface area (TPSA) is 49.8 Å². The summed E-state index contributed by atoms with van der Waals surface area (Å²) in [6.45, 7) is 0.236. The lowest BCUT2D eigenvalue weighted by atomic mass is 10.0. The molecule has 1 heterocycles. The van der Waals surface area contributed by atoms with Crippen molar-refractivity contribution in [2.24, 2.45) is 0 Å². The first kappa shape index (κ1) is 14.6. The van der Waals surface area contributed by atoms with Gasteiger partial charge >= 0.3 is 12.3 Å². The molecular weight excluding hydrogens is 275 g/mol. The van der Waals surface area contributed by atoms with Gasteiger partial charge in [-0.3, -0.25) is 0 Å². The number of ether oxygens (including phenoxy) is 1. The highest BCUT2D eigenvalue weighted by molar-refractivity contribution is 5.70. The largest absolute Gasteiger partial charge is 0.439 e. The average Bonchev–Trinajstić information content (AvgIpc) is 2.77. The third kappa shape index (κ3) is 3.04. The number of rotatable bonds is 4. The first-order valence-electron chi connectivity index (χ1n) is 6.16. The van der Waals surface area contributed by atoms with Crippen LogP contribution in [0.4, 0.5) is 18.0 Å². The van der Waals surface area contributed by atoms with E-state index in [-0.39, 0.29) is 25.3 Å². The fraction of sp³-hybridized carbons (Fsp3) is 0.462. The maximum atomic E-state index is 12.9. The fourth-order valence-electron chi connectivity index (χ4n) is 2.15. The van der Waals surface area contributed by atoms with Gasteiger partial charge in [0.05, 0.1) is 12.1 Å². The number of halogens is 3. The van der Waals surface area contributed by atoms with Crippen molar-refractivity contribution in [1.82, 2.24) is 4.90 Å². The molecule has 1 aliphatic heterocycles. The lowest BCUT2D eigenvalue weighted by Gasteiger charge is -2.16. The van der Waals surface area contributed by atoms with E-state index in [1.165, 1.54) is 23.1 Å². The number of alkyl halides is 3. The minimum Gasteiger partial charge on any atom is -0.439 e. The van der Waals surface area contributed by atoms with Gasteiger partial charge in [0.1, 0.15) is 6.10 Å². The minimum atomic E-state index is -4.48. The molecule has 1 aromatic rings. The summed E-state index contributed by atoms with van der Waals surface area (Å²) in [6, 6.07) is 5.07. The van der Waals surface area contributed by atoms with Gasteiger partial charge in [0.15, 0.2) is 0 Å². The third-order valence-electron chi connectivity index (χ3n) is 3.09. The lowest BCUT2D eigenvalue weighted by Crippen LogP contribution is -2.26. The Morgan fingerprint density at radius 1 is 1.35 bits per heavy atom. The summed E-state index contributed by atoms with van der Waals surface area (Å²) >= 11 is 0. The Hall–Kier alpha value is -1.76. The predicted octanol–water partition coefficient (Wildman–Crippen LogP) is 2.58. The number of carbonyl (C=O) groups is 1. The van der Waals surface area contributed by atoms with Gasteiger partial charge in [-0.2, -0.15) is 13.2 Å². The van der Waals surface area contributed by atoms with Gasteiger partial charge in [0.2, 0.25) is 0 Å². The van der Waals surface area contributed by atoms with Crippen LogP contribution in [-0.4, -0.2) is 35.8 Å². The molecule has 0 radical (unpaired) electrons. The molecule has 2 rings (SSSR count). The van der Waals surface area contributed by atoms with Crippen LogP contribution >= 0.6 is 0 Å². The molecule has 20 heavy (non-hydrogen) atoms. The highest BCUT2D eigenvalue weighted by Gasteiger charge is 2.39. The number of carbonyl (C=O) groups excluding carboxylic acids is 1. The van der Waals surface area contributed by atoms with Crippen molar-refractivity contribution in [3.63, 3.8) is 0 Å². The Balaban J connectivity index is 2.20. The van der Waals surface area contributed by atoms with Crippen molar-refractivity contribution >= 4 is 6.09 Å². The second-order valence-corrected chi connectivity index (χ2v) is 4.48. The first-order chi connectivity index (χ1) is 9.43.